The molecule has 0 radical (unpaired) electrons. The molecule has 0 aromatic heterocycles. The molecule has 1 saturated heterocycles. The van der Waals surface area contributed by atoms with E-state index in [-0.39, 0.29) is 18.2 Å². The third-order valence-corrected chi connectivity index (χ3v) is 4.00. The third-order valence-electron chi connectivity index (χ3n) is 4.00. The molecule has 1 N–H and O–H groups in total. The summed E-state index contributed by atoms with van der Waals surface area (Å²) in [5.74, 6) is -1.16. The molecule has 2 rings (SSSR count). The van der Waals surface area contributed by atoms with Gasteiger partial charge in [-0.25, -0.2) is 4.39 Å². The van der Waals surface area contributed by atoms with Gasteiger partial charge in [0.25, 0.3) is 5.91 Å². The molecule has 114 valence electrons. The largest absolute Gasteiger partial charge is 0.481 e. The van der Waals surface area contributed by atoms with Crippen molar-refractivity contribution in [3.05, 3.63) is 35.1 Å². The van der Waals surface area contributed by atoms with Gasteiger partial charge in [0.15, 0.2) is 0 Å². The Balaban J connectivity index is 2.05. The van der Waals surface area contributed by atoms with Crippen LogP contribution in [0.5, 0.6) is 0 Å². The van der Waals surface area contributed by atoms with E-state index < -0.39 is 11.8 Å². The number of benzene rings is 1. The van der Waals surface area contributed by atoms with Crippen LogP contribution in [0.2, 0.25) is 0 Å². The molecule has 1 unspecified atom stereocenters. The second-order valence-corrected chi connectivity index (χ2v) is 5.65. The van der Waals surface area contributed by atoms with Gasteiger partial charge in [0, 0.05) is 25.1 Å². The molecule has 0 bridgehead atoms. The third kappa shape index (κ3) is 4.03. The SMILES string of the molecule is Cc1ccc(F)cc1C(=O)N1CCCC(CCC(=O)O)C1. The number of aryl methyl sites for hydroxylation is 1. The summed E-state index contributed by atoms with van der Waals surface area (Å²) in [6.07, 6.45) is 2.52. The first-order chi connectivity index (χ1) is 9.97. The Labute approximate surface area is 123 Å². The van der Waals surface area contributed by atoms with E-state index in [9.17, 15) is 14.0 Å². The number of carbonyl (C=O) groups is 2. The molecule has 1 aliphatic rings. The van der Waals surface area contributed by atoms with Crippen molar-refractivity contribution in [3.8, 4) is 0 Å². The van der Waals surface area contributed by atoms with Gasteiger partial charge in [-0.05, 0) is 49.8 Å². The van der Waals surface area contributed by atoms with E-state index in [0.717, 1.165) is 18.4 Å². The summed E-state index contributed by atoms with van der Waals surface area (Å²) < 4.78 is 13.3. The maximum Gasteiger partial charge on any atom is 0.303 e. The van der Waals surface area contributed by atoms with E-state index in [0.29, 0.717) is 25.1 Å². The molecule has 1 aromatic rings. The minimum atomic E-state index is -0.806. The van der Waals surface area contributed by atoms with Crippen molar-refractivity contribution in [2.75, 3.05) is 13.1 Å². The van der Waals surface area contributed by atoms with Gasteiger partial charge >= 0.3 is 5.97 Å². The number of carbonyl (C=O) groups excluding carboxylic acids is 1. The fourth-order valence-corrected chi connectivity index (χ4v) is 2.81. The number of carboxylic acid groups (broad SMARTS) is 1. The highest BCUT2D eigenvalue weighted by Crippen LogP contribution is 2.23. The quantitative estimate of drug-likeness (QED) is 0.928. The maximum atomic E-state index is 13.3. The average Bonchev–Trinajstić information content (AvgIpc) is 2.47. The standard InChI is InChI=1S/C16H20FNO3/c1-11-4-6-13(17)9-14(11)16(21)18-8-2-3-12(10-18)5-7-15(19)20/h4,6,9,12H,2-3,5,7-8,10H2,1H3,(H,19,20). The summed E-state index contributed by atoms with van der Waals surface area (Å²) in [5, 5.41) is 8.74. The summed E-state index contributed by atoms with van der Waals surface area (Å²) in [6.45, 7) is 3.00. The van der Waals surface area contributed by atoms with E-state index in [2.05, 4.69) is 0 Å². The number of hydrogen-bond acceptors (Lipinski definition) is 2. The van der Waals surface area contributed by atoms with Crippen molar-refractivity contribution in [2.45, 2.75) is 32.6 Å². The zero-order chi connectivity index (χ0) is 15.4. The maximum absolute atomic E-state index is 13.3. The second kappa shape index (κ2) is 6.70. The summed E-state index contributed by atoms with van der Waals surface area (Å²) >= 11 is 0. The first-order valence-electron chi connectivity index (χ1n) is 7.24. The predicted molar refractivity (Wildman–Crippen MR) is 76.6 cm³/mol. The molecule has 0 spiro atoms. The average molecular weight is 293 g/mol. The molecule has 1 amide bonds. The van der Waals surface area contributed by atoms with E-state index in [4.69, 9.17) is 5.11 Å². The molecule has 1 fully saturated rings. The van der Waals surface area contributed by atoms with Gasteiger partial charge in [-0.2, -0.15) is 0 Å². The Morgan fingerprint density at radius 1 is 1.43 bits per heavy atom. The van der Waals surface area contributed by atoms with Gasteiger partial charge in [-0.3, -0.25) is 9.59 Å². The van der Waals surface area contributed by atoms with Crippen LogP contribution in [-0.4, -0.2) is 35.0 Å². The van der Waals surface area contributed by atoms with Crippen LogP contribution in [0.25, 0.3) is 0 Å². The molecular formula is C16H20FNO3. The van der Waals surface area contributed by atoms with Crippen LogP contribution in [0.4, 0.5) is 4.39 Å². The Morgan fingerprint density at radius 2 is 2.19 bits per heavy atom. The van der Waals surface area contributed by atoms with Crippen molar-refractivity contribution >= 4 is 11.9 Å². The predicted octanol–water partition coefficient (Wildman–Crippen LogP) is 2.85. The normalized spacial score (nSPS) is 18.6. The fourth-order valence-electron chi connectivity index (χ4n) is 2.81. The molecule has 5 heteroatoms. The zero-order valence-electron chi connectivity index (χ0n) is 12.1. The summed E-state index contributed by atoms with van der Waals surface area (Å²) in [5.41, 5.74) is 1.16. The van der Waals surface area contributed by atoms with Crippen LogP contribution in [-0.2, 0) is 4.79 Å². The number of piperidine rings is 1. The molecule has 1 aliphatic heterocycles. The van der Waals surface area contributed by atoms with Crippen molar-refractivity contribution in [1.29, 1.82) is 0 Å². The van der Waals surface area contributed by atoms with Gasteiger partial charge in [0.2, 0.25) is 0 Å². The molecule has 1 heterocycles. The van der Waals surface area contributed by atoms with Crippen molar-refractivity contribution in [3.63, 3.8) is 0 Å². The van der Waals surface area contributed by atoms with Crippen LogP contribution in [0.15, 0.2) is 18.2 Å². The molecule has 0 saturated carbocycles. The van der Waals surface area contributed by atoms with Crippen LogP contribution in [0.1, 0.15) is 41.6 Å². The highest BCUT2D eigenvalue weighted by molar-refractivity contribution is 5.95. The Morgan fingerprint density at radius 3 is 2.90 bits per heavy atom. The van der Waals surface area contributed by atoms with Gasteiger partial charge in [-0.15, -0.1) is 0 Å². The lowest BCUT2D eigenvalue weighted by Crippen LogP contribution is -2.40. The summed E-state index contributed by atoms with van der Waals surface area (Å²) in [4.78, 5) is 24.9. The van der Waals surface area contributed by atoms with Crippen molar-refractivity contribution in [1.82, 2.24) is 4.90 Å². The minimum Gasteiger partial charge on any atom is -0.481 e. The lowest BCUT2D eigenvalue weighted by atomic mass is 9.92. The van der Waals surface area contributed by atoms with Crippen molar-refractivity contribution in [2.24, 2.45) is 5.92 Å². The van der Waals surface area contributed by atoms with E-state index >= 15 is 0 Å². The number of likely N-dealkylation sites (tertiary alicyclic amines) is 1. The van der Waals surface area contributed by atoms with Gasteiger partial charge in [-0.1, -0.05) is 6.07 Å². The topological polar surface area (TPSA) is 57.6 Å². The first-order valence-corrected chi connectivity index (χ1v) is 7.24. The van der Waals surface area contributed by atoms with Crippen LogP contribution in [0.3, 0.4) is 0 Å². The Hall–Kier alpha value is -1.91. The fraction of sp³-hybridized carbons (Fsp3) is 0.500. The smallest absolute Gasteiger partial charge is 0.303 e. The minimum absolute atomic E-state index is 0.131. The highest BCUT2D eigenvalue weighted by Gasteiger charge is 2.25. The number of rotatable bonds is 4. The van der Waals surface area contributed by atoms with Gasteiger partial charge in [0.1, 0.15) is 5.82 Å². The molecule has 0 aliphatic carbocycles. The summed E-state index contributed by atoms with van der Waals surface area (Å²) in [6, 6.07) is 4.23. The van der Waals surface area contributed by atoms with E-state index in [1.807, 2.05) is 0 Å². The number of hydrogen-bond donors (Lipinski definition) is 1. The van der Waals surface area contributed by atoms with E-state index in [1.54, 1.807) is 17.9 Å². The van der Waals surface area contributed by atoms with E-state index in [1.165, 1.54) is 12.1 Å². The van der Waals surface area contributed by atoms with Crippen LogP contribution >= 0.6 is 0 Å². The lowest BCUT2D eigenvalue weighted by molar-refractivity contribution is -0.137. The Kier molecular flexibility index (Phi) is 4.94. The molecule has 4 nitrogen and oxygen atoms in total. The molecule has 1 atom stereocenters. The molecular weight excluding hydrogens is 273 g/mol. The first kappa shape index (κ1) is 15.5. The number of nitrogens with zero attached hydrogens (tertiary/aromatic N) is 1. The number of aliphatic carboxylic acids is 1. The molecule has 21 heavy (non-hydrogen) atoms. The van der Waals surface area contributed by atoms with Crippen LogP contribution in [0, 0.1) is 18.7 Å². The Bertz CT molecular complexity index is 544. The second-order valence-electron chi connectivity index (χ2n) is 5.65. The van der Waals surface area contributed by atoms with Crippen LogP contribution < -0.4 is 0 Å². The van der Waals surface area contributed by atoms with Gasteiger partial charge in [0.05, 0.1) is 0 Å². The lowest BCUT2D eigenvalue weighted by Gasteiger charge is -2.33. The number of carboxylic acids is 1. The number of amides is 1. The van der Waals surface area contributed by atoms with Crippen molar-refractivity contribution < 1.29 is 19.1 Å². The number of halogens is 1. The zero-order valence-corrected chi connectivity index (χ0v) is 12.1. The molecule has 1 aromatic carbocycles. The summed E-state index contributed by atoms with van der Waals surface area (Å²) in [7, 11) is 0. The highest BCUT2D eigenvalue weighted by atomic mass is 19.1. The monoisotopic (exact) mass is 293 g/mol. The van der Waals surface area contributed by atoms with Gasteiger partial charge < -0.3 is 10.0 Å².